The van der Waals surface area contributed by atoms with Crippen molar-refractivity contribution in [1.82, 2.24) is 4.98 Å². The summed E-state index contributed by atoms with van der Waals surface area (Å²) in [6.07, 6.45) is 0.648. The van der Waals surface area contributed by atoms with Gasteiger partial charge in [-0.1, -0.05) is 24.3 Å². The van der Waals surface area contributed by atoms with Crippen LogP contribution in [-0.4, -0.2) is 45.2 Å². The van der Waals surface area contributed by atoms with E-state index in [0.717, 1.165) is 5.56 Å². The van der Waals surface area contributed by atoms with Gasteiger partial charge in [0.2, 0.25) is 17.7 Å². The van der Waals surface area contributed by atoms with E-state index in [1.54, 1.807) is 56.5 Å². The smallest absolute Gasteiger partial charge is 0.233 e. The van der Waals surface area contributed by atoms with Crippen LogP contribution >= 0.6 is 0 Å². The van der Waals surface area contributed by atoms with Gasteiger partial charge in [-0.25, -0.2) is 0 Å². The second-order valence-corrected chi connectivity index (χ2v) is 8.23. The summed E-state index contributed by atoms with van der Waals surface area (Å²) < 4.78 is 16.2. The number of anilines is 2. The number of methoxy groups -OCH3 is 3. The molecule has 2 atom stereocenters. The van der Waals surface area contributed by atoms with E-state index in [1.807, 2.05) is 36.4 Å². The van der Waals surface area contributed by atoms with E-state index in [0.29, 0.717) is 35.3 Å². The number of ether oxygens (including phenoxy) is 3. The zero-order chi connectivity index (χ0) is 24.9. The lowest BCUT2D eigenvalue weighted by Gasteiger charge is -2.42. The van der Waals surface area contributed by atoms with Crippen LogP contribution in [0.15, 0.2) is 66.7 Å². The highest BCUT2D eigenvalue weighted by molar-refractivity contribution is 6.01. The molecule has 1 aliphatic heterocycles. The highest BCUT2D eigenvalue weighted by Crippen LogP contribution is 2.44. The third-order valence-electron chi connectivity index (χ3n) is 6.31. The Balaban J connectivity index is 1.79. The maximum Gasteiger partial charge on any atom is 0.233 e. The fourth-order valence-electron chi connectivity index (χ4n) is 4.53. The lowest BCUT2D eigenvalue weighted by molar-refractivity contribution is -0.127. The van der Waals surface area contributed by atoms with Gasteiger partial charge >= 0.3 is 0 Å². The SMILES string of the molecule is COc1ccc(N2C(=O)CCC(C(=O)N(C)c3cccc(OC)n3)C2c2ccccc2OC)cc1. The maximum absolute atomic E-state index is 13.9. The number of piperidine rings is 1. The normalized spacial score (nSPS) is 17.6. The van der Waals surface area contributed by atoms with Crippen molar-refractivity contribution in [3.05, 3.63) is 72.3 Å². The summed E-state index contributed by atoms with van der Waals surface area (Å²) in [7, 11) is 6.41. The Morgan fingerprint density at radius 2 is 1.69 bits per heavy atom. The Kier molecular flexibility index (Phi) is 7.19. The van der Waals surface area contributed by atoms with Crippen LogP contribution in [0.4, 0.5) is 11.5 Å². The van der Waals surface area contributed by atoms with Crippen LogP contribution < -0.4 is 24.0 Å². The van der Waals surface area contributed by atoms with E-state index in [-0.39, 0.29) is 18.2 Å². The Bertz CT molecular complexity index is 1200. The quantitative estimate of drug-likeness (QED) is 0.508. The van der Waals surface area contributed by atoms with Gasteiger partial charge in [0.15, 0.2) is 0 Å². The molecule has 0 saturated carbocycles. The molecule has 1 fully saturated rings. The summed E-state index contributed by atoms with van der Waals surface area (Å²) >= 11 is 0. The summed E-state index contributed by atoms with van der Waals surface area (Å²) in [6, 6.07) is 19.5. The molecule has 1 saturated heterocycles. The van der Waals surface area contributed by atoms with E-state index in [9.17, 15) is 9.59 Å². The summed E-state index contributed by atoms with van der Waals surface area (Å²) in [5.41, 5.74) is 1.45. The van der Waals surface area contributed by atoms with E-state index in [1.165, 1.54) is 12.0 Å². The number of para-hydroxylation sites is 1. The molecule has 35 heavy (non-hydrogen) atoms. The third-order valence-corrected chi connectivity index (χ3v) is 6.31. The van der Waals surface area contributed by atoms with Gasteiger partial charge in [-0.05, 0) is 42.8 Å². The first-order valence-electron chi connectivity index (χ1n) is 11.4. The fraction of sp³-hybridized carbons (Fsp3) is 0.296. The average Bonchev–Trinajstić information content (AvgIpc) is 2.92. The van der Waals surface area contributed by atoms with Gasteiger partial charge in [0.1, 0.15) is 17.3 Å². The molecular formula is C27H29N3O5. The number of carbonyl (C=O) groups excluding carboxylic acids is 2. The van der Waals surface area contributed by atoms with E-state index < -0.39 is 12.0 Å². The summed E-state index contributed by atoms with van der Waals surface area (Å²) in [4.78, 5) is 34.9. The molecule has 0 bridgehead atoms. The van der Waals surface area contributed by atoms with Crippen molar-refractivity contribution in [2.24, 2.45) is 5.92 Å². The first-order chi connectivity index (χ1) is 17.0. The Morgan fingerprint density at radius 3 is 2.37 bits per heavy atom. The second-order valence-electron chi connectivity index (χ2n) is 8.23. The molecule has 2 aromatic carbocycles. The number of hydrogen-bond acceptors (Lipinski definition) is 6. The van der Waals surface area contributed by atoms with Crippen molar-refractivity contribution < 1.29 is 23.8 Å². The van der Waals surface area contributed by atoms with Crippen molar-refractivity contribution in [3.8, 4) is 17.4 Å². The summed E-state index contributed by atoms with van der Waals surface area (Å²) in [5, 5.41) is 0. The molecule has 0 radical (unpaired) electrons. The number of amides is 2. The molecule has 8 nitrogen and oxygen atoms in total. The van der Waals surface area contributed by atoms with Crippen LogP contribution in [0, 0.1) is 5.92 Å². The van der Waals surface area contributed by atoms with Crippen LogP contribution in [0.1, 0.15) is 24.4 Å². The number of benzene rings is 2. The van der Waals surface area contributed by atoms with Crippen molar-refractivity contribution in [1.29, 1.82) is 0 Å². The first-order valence-corrected chi connectivity index (χ1v) is 11.4. The lowest BCUT2D eigenvalue weighted by atomic mass is 9.82. The number of carbonyl (C=O) groups is 2. The van der Waals surface area contributed by atoms with Crippen molar-refractivity contribution in [2.75, 3.05) is 38.2 Å². The minimum Gasteiger partial charge on any atom is -0.497 e. The first kappa shape index (κ1) is 24.1. The molecule has 2 heterocycles. The highest BCUT2D eigenvalue weighted by Gasteiger charge is 2.44. The Morgan fingerprint density at radius 1 is 0.943 bits per heavy atom. The van der Waals surface area contributed by atoms with Crippen molar-refractivity contribution in [3.63, 3.8) is 0 Å². The Labute approximate surface area is 205 Å². The average molecular weight is 476 g/mol. The molecule has 182 valence electrons. The van der Waals surface area contributed by atoms with Gasteiger partial charge in [0.25, 0.3) is 0 Å². The molecule has 1 aromatic heterocycles. The van der Waals surface area contributed by atoms with Crippen LogP contribution in [0.5, 0.6) is 17.4 Å². The van der Waals surface area contributed by atoms with Crippen LogP contribution in [-0.2, 0) is 9.59 Å². The van der Waals surface area contributed by atoms with Gasteiger partial charge in [-0.3, -0.25) is 14.5 Å². The summed E-state index contributed by atoms with van der Waals surface area (Å²) in [6.45, 7) is 0. The highest BCUT2D eigenvalue weighted by atomic mass is 16.5. The monoisotopic (exact) mass is 475 g/mol. The molecule has 0 aliphatic carbocycles. The maximum atomic E-state index is 13.9. The van der Waals surface area contributed by atoms with Gasteiger partial charge in [0.05, 0.1) is 33.3 Å². The van der Waals surface area contributed by atoms with Gasteiger partial charge in [-0.15, -0.1) is 0 Å². The molecule has 1 aliphatic rings. The Hall–Kier alpha value is -4.07. The zero-order valence-corrected chi connectivity index (χ0v) is 20.3. The number of rotatable bonds is 7. The molecule has 0 spiro atoms. The standard InChI is InChI=1S/C27H29N3O5/c1-29(23-10-7-11-24(28-23)35-4)27(32)21-16-17-25(31)30(18-12-14-19(33-2)15-13-18)26(21)20-8-5-6-9-22(20)34-3/h5-15,21,26H,16-17H2,1-4H3. The molecule has 4 rings (SSSR count). The number of pyridine rings is 1. The minimum absolute atomic E-state index is 0.0581. The van der Waals surface area contributed by atoms with E-state index >= 15 is 0 Å². The van der Waals surface area contributed by atoms with Crippen LogP contribution in [0.3, 0.4) is 0 Å². The topological polar surface area (TPSA) is 81.2 Å². The van der Waals surface area contributed by atoms with Gasteiger partial charge in [-0.2, -0.15) is 4.98 Å². The molecule has 0 N–H and O–H groups in total. The number of nitrogens with zero attached hydrogens (tertiary/aromatic N) is 3. The molecule has 3 aromatic rings. The molecule has 2 amide bonds. The van der Waals surface area contributed by atoms with Gasteiger partial charge < -0.3 is 19.1 Å². The lowest BCUT2D eigenvalue weighted by Crippen LogP contribution is -2.49. The molecular weight excluding hydrogens is 446 g/mol. The largest absolute Gasteiger partial charge is 0.497 e. The number of aromatic nitrogens is 1. The van der Waals surface area contributed by atoms with Gasteiger partial charge in [0, 0.05) is 30.8 Å². The molecule has 2 unspecified atom stereocenters. The fourth-order valence-corrected chi connectivity index (χ4v) is 4.53. The second kappa shape index (κ2) is 10.5. The van der Waals surface area contributed by atoms with Crippen LogP contribution in [0.2, 0.25) is 0 Å². The number of hydrogen-bond donors (Lipinski definition) is 0. The van der Waals surface area contributed by atoms with Crippen molar-refractivity contribution >= 4 is 23.3 Å². The summed E-state index contributed by atoms with van der Waals surface area (Å²) in [5.74, 6) is 1.46. The minimum atomic E-state index is -0.568. The predicted octanol–water partition coefficient (Wildman–Crippen LogP) is 4.25. The zero-order valence-electron chi connectivity index (χ0n) is 20.3. The van der Waals surface area contributed by atoms with Crippen molar-refractivity contribution in [2.45, 2.75) is 18.9 Å². The van der Waals surface area contributed by atoms with Crippen LogP contribution in [0.25, 0.3) is 0 Å². The third kappa shape index (κ3) is 4.77. The van der Waals surface area contributed by atoms with E-state index in [4.69, 9.17) is 14.2 Å². The van der Waals surface area contributed by atoms with E-state index in [2.05, 4.69) is 4.98 Å². The predicted molar refractivity (Wildman–Crippen MR) is 133 cm³/mol. The molecule has 8 heteroatoms.